The summed E-state index contributed by atoms with van der Waals surface area (Å²) in [5.74, 6) is 1.32. The van der Waals surface area contributed by atoms with Gasteiger partial charge in [0.1, 0.15) is 11.4 Å². The standard InChI is InChI=1S/C16H26ClNO/c1-7-18-10-16(5,6)19-15-9-13(11(2)3)14(17)8-12(15)4/h8-9,11,18H,7,10H2,1-6H3. The molecular weight excluding hydrogens is 258 g/mol. The van der Waals surface area contributed by atoms with E-state index in [9.17, 15) is 0 Å². The number of aryl methyl sites for hydroxylation is 1. The van der Waals surface area contributed by atoms with Gasteiger partial charge in [-0.1, -0.05) is 32.4 Å². The van der Waals surface area contributed by atoms with Gasteiger partial charge < -0.3 is 10.1 Å². The first kappa shape index (κ1) is 16.3. The Balaban J connectivity index is 2.97. The number of likely N-dealkylation sites (N-methyl/N-ethyl adjacent to an activating group) is 1. The molecule has 0 amide bonds. The van der Waals surface area contributed by atoms with Crippen molar-refractivity contribution in [2.24, 2.45) is 0 Å². The van der Waals surface area contributed by atoms with Crippen LogP contribution in [0.5, 0.6) is 5.75 Å². The number of hydrogen-bond acceptors (Lipinski definition) is 2. The van der Waals surface area contributed by atoms with Gasteiger partial charge in [0.25, 0.3) is 0 Å². The molecule has 0 aliphatic rings. The van der Waals surface area contributed by atoms with Crippen molar-refractivity contribution >= 4 is 11.6 Å². The summed E-state index contributed by atoms with van der Waals surface area (Å²) in [6.45, 7) is 14.4. The molecule has 0 atom stereocenters. The van der Waals surface area contributed by atoms with E-state index in [0.29, 0.717) is 5.92 Å². The second-order valence-corrected chi connectivity index (χ2v) is 6.34. The molecule has 1 N–H and O–H groups in total. The average molecular weight is 284 g/mol. The van der Waals surface area contributed by atoms with Crippen LogP contribution in [0.15, 0.2) is 12.1 Å². The van der Waals surface area contributed by atoms with Gasteiger partial charge in [0.2, 0.25) is 0 Å². The highest BCUT2D eigenvalue weighted by molar-refractivity contribution is 6.31. The Morgan fingerprint density at radius 2 is 1.95 bits per heavy atom. The second kappa shape index (κ2) is 6.62. The molecule has 1 aromatic rings. The van der Waals surface area contributed by atoms with Crippen molar-refractivity contribution in [1.29, 1.82) is 0 Å². The fraction of sp³-hybridized carbons (Fsp3) is 0.625. The zero-order valence-corrected chi connectivity index (χ0v) is 13.7. The molecule has 2 nitrogen and oxygen atoms in total. The number of nitrogens with one attached hydrogen (secondary N) is 1. The van der Waals surface area contributed by atoms with Crippen LogP contribution in [0.3, 0.4) is 0 Å². The smallest absolute Gasteiger partial charge is 0.123 e. The molecule has 3 heteroatoms. The number of benzene rings is 1. The summed E-state index contributed by atoms with van der Waals surface area (Å²) >= 11 is 6.28. The third-order valence-corrected chi connectivity index (χ3v) is 3.43. The van der Waals surface area contributed by atoms with Crippen molar-refractivity contribution in [2.75, 3.05) is 13.1 Å². The number of halogens is 1. The molecular formula is C16H26ClNO. The van der Waals surface area contributed by atoms with Gasteiger partial charge in [-0.15, -0.1) is 0 Å². The summed E-state index contributed by atoms with van der Waals surface area (Å²) in [6.07, 6.45) is 0. The van der Waals surface area contributed by atoms with Crippen LogP contribution in [0.1, 0.15) is 51.7 Å². The summed E-state index contributed by atoms with van der Waals surface area (Å²) in [5, 5.41) is 4.15. The molecule has 0 saturated carbocycles. The topological polar surface area (TPSA) is 21.3 Å². The van der Waals surface area contributed by atoms with Crippen LogP contribution in [0.2, 0.25) is 5.02 Å². The van der Waals surface area contributed by atoms with Crippen molar-refractivity contribution in [3.05, 3.63) is 28.3 Å². The highest BCUT2D eigenvalue weighted by Crippen LogP contribution is 2.33. The molecule has 0 aromatic heterocycles. The SMILES string of the molecule is CCNCC(C)(C)Oc1cc(C(C)C)c(Cl)cc1C. The Morgan fingerprint density at radius 1 is 1.32 bits per heavy atom. The lowest BCUT2D eigenvalue weighted by Crippen LogP contribution is -2.40. The largest absolute Gasteiger partial charge is 0.486 e. The summed E-state index contributed by atoms with van der Waals surface area (Å²) in [7, 11) is 0. The molecule has 108 valence electrons. The summed E-state index contributed by atoms with van der Waals surface area (Å²) < 4.78 is 6.16. The van der Waals surface area contributed by atoms with Gasteiger partial charge in [0.05, 0.1) is 0 Å². The summed E-state index contributed by atoms with van der Waals surface area (Å²) in [6, 6.07) is 4.07. The zero-order chi connectivity index (χ0) is 14.6. The lowest BCUT2D eigenvalue weighted by atomic mass is 10.0. The van der Waals surface area contributed by atoms with E-state index in [1.165, 1.54) is 0 Å². The van der Waals surface area contributed by atoms with E-state index in [1.54, 1.807) is 0 Å². The van der Waals surface area contributed by atoms with E-state index in [2.05, 4.69) is 46.0 Å². The molecule has 1 aromatic carbocycles. The van der Waals surface area contributed by atoms with E-state index >= 15 is 0 Å². The van der Waals surface area contributed by atoms with E-state index in [0.717, 1.165) is 35.0 Å². The van der Waals surface area contributed by atoms with Gasteiger partial charge >= 0.3 is 0 Å². The molecule has 0 saturated heterocycles. The van der Waals surface area contributed by atoms with Gasteiger partial charge in [0, 0.05) is 11.6 Å². The minimum atomic E-state index is -0.233. The van der Waals surface area contributed by atoms with E-state index < -0.39 is 0 Å². The maximum atomic E-state index is 6.28. The summed E-state index contributed by atoms with van der Waals surface area (Å²) in [5.41, 5.74) is 1.99. The van der Waals surface area contributed by atoms with Crippen LogP contribution >= 0.6 is 11.6 Å². The molecule has 0 aliphatic heterocycles. The molecule has 19 heavy (non-hydrogen) atoms. The molecule has 0 radical (unpaired) electrons. The zero-order valence-electron chi connectivity index (χ0n) is 12.9. The highest BCUT2D eigenvalue weighted by Gasteiger charge is 2.21. The number of hydrogen-bond donors (Lipinski definition) is 1. The monoisotopic (exact) mass is 283 g/mol. The first-order chi connectivity index (χ1) is 8.76. The molecule has 0 fully saturated rings. The van der Waals surface area contributed by atoms with Crippen LogP contribution in [0.25, 0.3) is 0 Å². The summed E-state index contributed by atoms with van der Waals surface area (Å²) in [4.78, 5) is 0. The molecule has 1 rings (SSSR count). The fourth-order valence-electron chi connectivity index (χ4n) is 1.98. The Bertz CT molecular complexity index is 427. The van der Waals surface area contributed by atoms with Crippen molar-refractivity contribution in [1.82, 2.24) is 5.32 Å². The maximum absolute atomic E-state index is 6.28. The number of ether oxygens (including phenoxy) is 1. The normalized spacial score (nSPS) is 12.0. The lowest BCUT2D eigenvalue weighted by Gasteiger charge is -2.28. The maximum Gasteiger partial charge on any atom is 0.123 e. The minimum absolute atomic E-state index is 0.233. The Labute approximate surface area is 122 Å². The number of rotatable bonds is 6. The van der Waals surface area contributed by atoms with Gasteiger partial charge in [-0.05, 0) is 56.5 Å². The van der Waals surface area contributed by atoms with E-state index in [4.69, 9.17) is 16.3 Å². The van der Waals surface area contributed by atoms with Crippen LogP contribution in [-0.4, -0.2) is 18.7 Å². The Hall–Kier alpha value is -0.730. The van der Waals surface area contributed by atoms with Gasteiger partial charge in [-0.3, -0.25) is 0 Å². The molecule has 0 spiro atoms. The Kier molecular flexibility index (Phi) is 5.69. The van der Waals surface area contributed by atoms with Crippen LogP contribution < -0.4 is 10.1 Å². The first-order valence-electron chi connectivity index (χ1n) is 6.96. The lowest BCUT2D eigenvalue weighted by molar-refractivity contribution is 0.108. The average Bonchev–Trinajstić information content (AvgIpc) is 2.29. The third kappa shape index (κ3) is 4.70. The van der Waals surface area contributed by atoms with Gasteiger partial charge in [0.15, 0.2) is 0 Å². The highest BCUT2D eigenvalue weighted by atomic mass is 35.5. The van der Waals surface area contributed by atoms with Gasteiger partial charge in [-0.2, -0.15) is 0 Å². The van der Waals surface area contributed by atoms with Crippen LogP contribution in [-0.2, 0) is 0 Å². The van der Waals surface area contributed by atoms with Crippen molar-refractivity contribution < 1.29 is 4.74 Å². The molecule has 0 heterocycles. The van der Waals surface area contributed by atoms with Crippen molar-refractivity contribution in [2.45, 2.75) is 53.1 Å². The second-order valence-electron chi connectivity index (χ2n) is 5.94. The molecule has 0 bridgehead atoms. The third-order valence-electron chi connectivity index (χ3n) is 3.10. The Morgan fingerprint density at radius 3 is 2.47 bits per heavy atom. The van der Waals surface area contributed by atoms with E-state index in [-0.39, 0.29) is 5.60 Å². The van der Waals surface area contributed by atoms with Crippen LogP contribution in [0.4, 0.5) is 0 Å². The van der Waals surface area contributed by atoms with Crippen molar-refractivity contribution in [3.63, 3.8) is 0 Å². The predicted molar refractivity (Wildman–Crippen MR) is 83.5 cm³/mol. The van der Waals surface area contributed by atoms with Gasteiger partial charge in [-0.25, -0.2) is 0 Å². The predicted octanol–water partition coefficient (Wildman–Crippen LogP) is 4.54. The fourth-order valence-corrected chi connectivity index (χ4v) is 2.42. The van der Waals surface area contributed by atoms with Crippen molar-refractivity contribution in [3.8, 4) is 5.75 Å². The minimum Gasteiger partial charge on any atom is -0.486 e. The van der Waals surface area contributed by atoms with E-state index in [1.807, 2.05) is 13.0 Å². The quantitative estimate of drug-likeness (QED) is 0.828. The first-order valence-corrected chi connectivity index (χ1v) is 7.34. The molecule has 0 aliphatic carbocycles. The molecule has 0 unspecified atom stereocenters. The van der Waals surface area contributed by atoms with Crippen LogP contribution in [0, 0.1) is 6.92 Å².